The smallest absolute Gasteiger partial charge is 0.240 e. The molecule has 1 aromatic rings. The summed E-state index contributed by atoms with van der Waals surface area (Å²) >= 11 is 0. The van der Waals surface area contributed by atoms with E-state index < -0.39 is 10.0 Å². The van der Waals surface area contributed by atoms with Crippen molar-refractivity contribution in [3.8, 4) is 0 Å². The zero-order chi connectivity index (χ0) is 15.3. The van der Waals surface area contributed by atoms with Crippen molar-refractivity contribution < 1.29 is 13.2 Å². The average Bonchev–Trinajstić information content (AvgIpc) is 2.36. The van der Waals surface area contributed by atoms with E-state index in [0.717, 1.165) is 12.8 Å². The van der Waals surface area contributed by atoms with Crippen LogP contribution in [-0.2, 0) is 10.0 Å². The number of carbonyl (C=O) groups excluding carboxylic acids is 1. The molecule has 0 fully saturated rings. The predicted octanol–water partition coefficient (Wildman–Crippen LogP) is 2.99. The number of hydrogen-bond donors (Lipinski definition) is 1. The molecule has 0 heterocycles. The highest BCUT2D eigenvalue weighted by atomic mass is 32.2. The summed E-state index contributed by atoms with van der Waals surface area (Å²) in [5.41, 5.74) is 0.405. The van der Waals surface area contributed by atoms with Gasteiger partial charge in [-0.2, -0.15) is 0 Å². The lowest BCUT2D eigenvalue weighted by Crippen LogP contribution is -2.32. The van der Waals surface area contributed by atoms with Crippen molar-refractivity contribution in [1.82, 2.24) is 4.72 Å². The van der Waals surface area contributed by atoms with Crippen molar-refractivity contribution in [1.29, 1.82) is 0 Å². The number of nitrogens with one attached hydrogen (secondary N) is 1. The lowest BCUT2D eigenvalue weighted by molar-refractivity contribution is 0.101. The van der Waals surface area contributed by atoms with Crippen LogP contribution in [0.1, 0.15) is 50.9 Å². The van der Waals surface area contributed by atoms with Gasteiger partial charge in [0.15, 0.2) is 5.78 Å². The van der Waals surface area contributed by atoms with Gasteiger partial charge in [0.05, 0.1) is 4.90 Å². The molecule has 4 nitrogen and oxygen atoms in total. The fourth-order valence-corrected chi connectivity index (χ4v) is 3.18. The number of ketones is 1. The second kappa shape index (κ2) is 6.99. The maximum Gasteiger partial charge on any atom is 0.240 e. The molecule has 0 aromatic heterocycles. The van der Waals surface area contributed by atoms with Gasteiger partial charge < -0.3 is 0 Å². The average molecular weight is 297 g/mol. The van der Waals surface area contributed by atoms with E-state index in [-0.39, 0.29) is 16.7 Å². The number of Topliss-reactive ketones (excluding diaryl/α,β-unsaturated/α-hetero) is 1. The van der Waals surface area contributed by atoms with Crippen LogP contribution < -0.4 is 4.72 Å². The first-order valence-corrected chi connectivity index (χ1v) is 8.34. The Kier molecular flexibility index (Phi) is 5.89. The summed E-state index contributed by atoms with van der Waals surface area (Å²) < 4.78 is 27.1. The summed E-state index contributed by atoms with van der Waals surface area (Å²) in [7, 11) is -3.57. The fraction of sp³-hybridized carbons (Fsp3) is 0.533. The first-order chi connectivity index (χ1) is 9.22. The molecular formula is C15H23NO3S. The fourth-order valence-electron chi connectivity index (χ4n) is 1.86. The molecule has 1 unspecified atom stereocenters. The number of sulfonamides is 1. The van der Waals surface area contributed by atoms with E-state index in [2.05, 4.69) is 18.6 Å². The van der Waals surface area contributed by atoms with Gasteiger partial charge in [-0.25, -0.2) is 13.1 Å². The van der Waals surface area contributed by atoms with Gasteiger partial charge in [0.1, 0.15) is 0 Å². The Hall–Kier alpha value is -1.20. The molecule has 0 spiro atoms. The minimum atomic E-state index is -3.57. The summed E-state index contributed by atoms with van der Waals surface area (Å²) in [6.07, 6.45) is 1.76. The third-order valence-electron chi connectivity index (χ3n) is 3.08. The summed E-state index contributed by atoms with van der Waals surface area (Å²) in [6.45, 7) is 7.49. The standard InChI is InChI=1S/C15H23NO3S/c1-11(2)8-9-12(3)16-20(18,19)15-7-5-6-14(10-15)13(4)17/h5-7,10-12,16H,8-9H2,1-4H3. The SMILES string of the molecule is CC(=O)c1cccc(S(=O)(=O)NC(C)CCC(C)C)c1. The van der Waals surface area contributed by atoms with Gasteiger partial charge in [-0.1, -0.05) is 26.0 Å². The molecule has 1 aromatic carbocycles. The minimum absolute atomic E-state index is 0.122. The van der Waals surface area contributed by atoms with Gasteiger partial charge >= 0.3 is 0 Å². The van der Waals surface area contributed by atoms with Crippen molar-refractivity contribution in [3.63, 3.8) is 0 Å². The van der Waals surface area contributed by atoms with E-state index in [1.165, 1.54) is 19.1 Å². The molecule has 5 heteroatoms. The van der Waals surface area contributed by atoms with Crippen LogP contribution >= 0.6 is 0 Å². The van der Waals surface area contributed by atoms with Crippen molar-refractivity contribution in [2.45, 2.75) is 51.5 Å². The molecule has 112 valence electrons. The molecule has 0 aliphatic heterocycles. The lowest BCUT2D eigenvalue weighted by atomic mass is 10.1. The van der Waals surface area contributed by atoms with E-state index in [9.17, 15) is 13.2 Å². The van der Waals surface area contributed by atoms with Crippen LogP contribution in [-0.4, -0.2) is 20.2 Å². The van der Waals surface area contributed by atoms with Crippen molar-refractivity contribution in [3.05, 3.63) is 29.8 Å². The largest absolute Gasteiger partial charge is 0.295 e. The highest BCUT2D eigenvalue weighted by Crippen LogP contribution is 2.14. The van der Waals surface area contributed by atoms with Crippen LogP contribution in [0, 0.1) is 5.92 Å². The Labute approximate surface area is 121 Å². The first kappa shape index (κ1) is 16.9. The van der Waals surface area contributed by atoms with Crippen LogP contribution in [0.15, 0.2) is 29.2 Å². The molecule has 1 atom stereocenters. The Morgan fingerprint density at radius 1 is 1.20 bits per heavy atom. The molecule has 1 rings (SSSR count). The van der Waals surface area contributed by atoms with Crippen LogP contribution in [0.2, 0.25) is 0 Å². The first-order valence-electron chi connectivity index (χ1n) is 6.85. The van der Waals surface area contributed by atoms with Gasteiger partial charge in [-0.15, -0.1) is 0 Å². The molecule has 0 bridgehead atoms. The number of hydrogen-bond acceptors (Lipinski definition) is 3. The highest BCUT2D eigenvalue weighted by Gasteiger charge is 2.18. The highest BCUT2D eigenvalue weighted by molar-refractivity contribution is 7.89. The Morgan fingerprint density at radius 2 is 1.85 bits per heavy atom. The third kappa shape index (κ3) is 5.06. The van der Waals surface area contributed by atoms with Crippen LogP contribution in [0.25, 0.3) is 0 Å². The monoisotopic (exact) mass is 297 g/mol. The summed E-state index contributed by atoms with van der Waals surface area (Å²) in [4.78, 5) is 11.4. The second-order valence-electron chi connectivity index (χ2n) is 5.58. The second-order valence-corrected chi connectivity index (χ2v) is 7.29. The molecule has 0 saturated heterocycles. The topological polar surface area (TPSA) is 63.2 Å². The van der Waals surface area contributed by atoms with Crippen molar-refractivity contribution in [2.75, 3.05) is 0 Å². The van der Waals surface area contributed by atoms with Gasteiger partial charge in [0.25, 0.3) is 0 Å². The van der Waals surface area contributed by atoms with Crippen LogP contribution in [0.3, 0.4) is 0 Å². The third-order valence-corrected chi connectivity index (χ3v) is 4.67. The molecule has 0 saturated carbocycles. The molecule has 1 N–H and O–H groups in total. The van der Waals surface area contributed by atoms with E-state index in [4.69, 9.17) is 0 Å². The molecular weight excluding hydrogens is 274 g/mol. The molecule has 20 heavy (non-hydrogen) atoms. The molecule has 0 amide bonds. The van der Waals surface area contributed by atoms with Gasteiger partial charge in [-0.3, -0.25) is 4.79 Å². The number of rotatable bonds is 7. The minimum Gasteiger partial charge on any atom is -0.295 e. The van der Waals surface area contributed by atoms with E-state index in [1.807, 2.05) is 6.92 Å². The Balaban J connectivity index is 2.83. The summed E-state index contributed by atoms with van der Waals surface area (Å²) in [5, 5.41) is 0. The maximum atomic E-state index is 12.2. The Morgan fingerprint density at radius 3 is 2.40 bits per heavy atom. The predicted molar refractivity (Wildman–Crippen MR) is 80.3 cm³/mol. The van der Waals surface area contributed by atoms with Gasteiger partial charge in [-0.05, 0) is 44.7 Å². The van der Waals surface area contributed by atoms with Gasteiger partial charge in [0, 0.05) is 11.6 Å². The zero-order valence-electron chi connectivity index (χ0n) is 12.5. The Bertz CT molecular complexity index is 564. The van der Waals surface area contributed by atoms with E-state index >= 15 is 0 Å². The van der Waals surface area contributed by atoms with E-state index in [1.54, 1.807) is 12.1 Å². The molecule has 0 aliphatic rings. The number of carbonyl (C=O) groups is 1. The quantitative estimate of drug-likeness (QED) is 0.787. The summed E-state index contributed by atoms with van der Waals surface area (Å²) in [5.74, 6) is 0.401. The normalized spacial score (nSPS) is 13.4. The lowest BCUT2D eigenvalue weighted by Gasteiger charge is -2.15. The van der Waals surface area contributed by atoms with Gasteiger partial charge in [0.2, 0.25) is 10.0 Å². The molecule has 0 aliphatic carbocycles. The van der Waals surface area contributed by atoms with Crippen LogP contribution in [0.4, 0.5) is 0 Å². The number of benzene rings is 1. The zero-order valence-corrected chi connectivity index (χ0v) is 13.3. The van der Waals surface area contributed by atoms with Crippen molar-refractivity contribution in [2.24, 2.45) is 5.92 Å². The summed E-state index contributed by atoms with van der Waals surface area (Å²) in [6, 6.07) is 6.00. The maximum absolute atomic E-state index is 12.2. The molecule has 0 radical (unpaired) electrons. The van der Waals surface area contributed by atoms with E-state index in [0.29, 0.717) is 11.5 Å². The van der Waals surface area contributed by atoms with Crippen LogP contribution in [0.5, 0.6) is 0 Å². The van der Waals surface area contributed by atoms with Crippen molar-refractivity contribution >= 4 is 15.8 Å².